The van der Waals surface area contributed by atoms with Crippen LogP contribution in [-0.4, -0.2) is 61.6 Å². The van der Waals surface area contributed by atoms with E-state index in [4.69, 9.17) is 5.11 Å². The number of aliphatic hydroxyl groups is 1. The van der Waals surface area contributed by atoms with E-state index in [-0.39, 0.29) is 18.5 Å². The molecule has 0 aliphatic rings. The number of anilines is 4. The van der Waals surface area contributed by atoms with Gasteiger partial charge in [0.2, 0.25) is 11.9 Å². The predicted molar refractivity (Wildman–Crippen MR) is 81.6 cm³/mol. The Hall–Kier alpha value is -3.22. The number of rotatable bonds is 8. The molecule has 0 saturated carbocycles. The Kier molecular flexibility index (Phi) is 4.81. The molecule has 3 heterocycles. The monoisotopic (exact) mass is 332 g/mol. The molecule has 0 aliphatic carbocycles. The lowest BCUT2D eigenvalue weighted by Gasteiger charge is -2.06. The molecule has 3 aromatic rings. The van der Waals surface area contributed by atoms with Gasteiger partial charge in [-0.3, -0.25) is 10.6 Å². The summed E-state index contributed by atoms with van der Waals surface area (Å²) in [5.41, 5.74) is 0. The van der Waals surface area contributed by atoms with E-state index in [1.807, 2.05) is 6.92 Å². The van der Waals surface area contributed by atoms with E-state index in [0.29, 0.717) is 18.4 Å². The molecular weight excluding hydrogens is 316 g/mol. The molecule has 126 valence electrons. The lowest BCUT2D eigenvalue weighted by molar-refractivity contribution is 0.270. The summed E-state index contributed by atoms with van der Waals surface area (Å²) < 4.78 is 3.18. The van der Waals surface area contributed by atoms with Crippen molar-refractivity contribution in [2.45, 2.75) is 26.4 Å². The van der Waals surface area contributed by atoms with Crippen molar-refractivity contribution in [1.82, 2.24) is 49.9 Å². The first-order valence-corrected chi connectivity index (χ1v) is 7.28. The van der Waals surface area contributed by atoms with Crippen LogP contribution in [0.25, 0.3) is 0 Å². The van der Waals surface area contributed by atoms with E-state index in [1.165, 1.54) is 17.3 Å². The Labute approximate surface area is 136 Å². The van der Waals surface area contributed by atoms with Crippen molar-refractivity contribution in [3.05, 3.63) is 12.7 Å². The van der Waals surface area contributed by atoms with Gasteiger partial charge < -0.3 is 5.11 Å². The van der Waals surface area contributed by atoms with E-state index in [9.17, 15) is 0 Å². The molecule has 13 nitrogen and oxygen atoms in total. The highest BCUT2D eigenvalue weighted by Crippen LogP contribution is 2.10. The Morgan fingerprint density at radius 2 is 1.38 bits per heavy atom. The summed E-state index contributed by atoms with van der Waals surface area (Å²) in [5, 5.41) is 38.4. The average molecular weight is 332 g/mol. The Morgan fingerprint density at radius 3 is 1.83 bits per heavy atom. The van der Waals surface area contributed by atoms with Gasteiger partial charge in [-0.1, -0.05) is 6.92 Å². The van der Waals surface area contributed by atoms with Crippen LogP contribution in [0.2, 0.25) is 0 Å². The third kappa shape index (κ3) is 3.57. The first-order valence-electron chi connectivity index (χ1n) is 7.28. The fourth-order valence-corrected chi connectivity index (χ4v) is 1.89. The van der Waals surface area contributed by atoms with Crippen LogP contribution in [0, 0.1) is 0 Å². The van der Waals surface area contributed by atoms with Crippen LogP contribution in [-0.2, 0) is 13.1 Å². The third-order valence-corrected chi connectivity index (χ3v) is 2.90. The van der Waals surface area contributed by atoms with Crippen LogP contribution in [0.5, 0.6) is 0 Å². The smallest absolute Gasteiger partial charge is 0.269 e. The van der Waals surface area contributed by atoms with Crippen molar-refractivity contribution in [2.24, 2.45) is 0 Å². The van der Waals surface area contributed by atoms with E-state index in [1.54, 1.807) is 4.68 Å². The van der Waals surface area contributed by atoms with Gasteiger partial charge in [0.25, 0.3) is 11.9 Å². The van der Waals surface area contributed by atoms with Crippen molar-refractivity contribution in [1.29, 1.82) is 0 Å². The highest BCUT2D eigenvalue weighted by molar-refractivity contribution is 5.43. The van der Waals surface area contributed by atoms with Crippen LogP contribution < -0.4 is 10.6 Å². The van der Waals surface area contributed by atoms with Gasteiger partial charge in [-0.25, -0.2) is 9.36 Å². The molecule has 24 heavy (non-hydrogen) atoms. The minimum absolute atomic E-state index is 0.0588. The van der Waals surface area contributed by atoms with Crippen LogP contribution in [0.3, 0.4) is 0 Å². The van der Waals surface area contributed by atoms with Crippen molar-refractivity contribution >= 4 is 23.8 Å². The summed E-state index contributed by atoms with van der Waals surface area (Å²) in [5.74, 6) is 1.25. The van der Waals surface area contributed by atoms with Gasteiger partial charge >= 0.3 is 0 Å². The Balaban J connectivity index is 1.67. The maximum Gasteiger partial charge on any atom is 0.269 e. The Morgan fingerprint density at radius 1 is 0.875 bits per heavy atom. The summed E-state index contributed by atoms with van der Waals surface area (Å²) in [4.78, 5) is 8.09. The minimum Gasteiger partial charge on any atom is -0.394 e. The number of hydrogen-bond acceptors (Lipinski definition) is 11. The zero-order valence-electron chi connectivity index (χ0n) is 12.9. The second kappa shape index (κ2) is 7.36. The zero-order chi connectivity index (χ0) is 16.8. The third-order valence-electron chi connectivity index (χ3n) is 2.90. The van der Waals surface area contributed by atoms with Crippen LogP contribution in [0.4, 0.5) is 23.8 Å². The number of nitrogens with one attached hydrogen (secondary N) is 2. The molecule has 0 fully saturated rings. The van der Waals surface area contributed by atoms with Crippen LogP contribution in [0.15, 0.2) is 12.7 Å². The predicted octanol–water partition coefficient (Wildman–Crippen LogP) is -0.661. The molecule has 0 bridgehead atoms. The highest BCUT2D eigenvalue weighted by Gasteiger charge is 2.09. The number of aryl methyl sites for hydroxylation is 1. The highest BCUT2D eigenvalue weighted by atomic mass is 16.3. The van der Waals surface area contributed by atoms with Crippen LogP contribution >= 0.6 is 0 Å². The van der Waals surface area contributed by atoms with Crippen molar-refractivity contribution in [2.75, 3.05) is 17.2 Å². The van der Waals surface area contributed by atoms with E-state index in [2.05, 4.69) is 51.2 Å². The zero-order valence-corrected chi connectivity index (χ0v) is 12.9. The average Bonchev–Trinajstić information content (AvgIpc) is 3.20. The summed E-state index contributed by atoms with van der Waals surface area (Å²) in [6, 6.07) is 0. The van der Waals surface area contributed by atoms with E-state index >= 15 is 0 Å². The van der Waals surface area contributed by atoms with Crippen molar-refractivity contribution in [3.8, 4) is 0 Å². The minimum atomic E-state index is -0.0588. The summed E-state index contributed by atoms with van der Waals surface area (Å²) >= 11 is 0. The van der Waals surface area contributed by atoms with Gasteiger partial charge in [-0.05, 0) is 6.42 Å². The first kappa shape index (κ1) is 15.7. The fraction of sp³-hybridized carbons (Fsp3) is 0.455. The second-order valence-corrected chi connectivity index (χ2v) is 4.63. The quantitative estimate of drug-likeness (QED) is 0.480. The molecule has 0 unspecified atom stereocenters. The number of nitrogens with zero attached hydrogens (tertiary/aromatic N) is 10. The number of aromatic nitrogens is 10. The molecule has 3 aromatic heterocycles. The van der Waals surface area contributed by atoms with Gasteiger partial charge in [0.15, 0.2) is 0 Å². The normalized spacial score (nSPS) is 10.8. The maximum absolute atomic E-state index is 8.95. The molecule has 3 N–H and O–H groups in total. The Bertz CT molecular complexity index is 700. The van der Waals surface area contributed by atoms with Gasteiger partial charge in [0.1, 0.15) is 12.7 Å². The molecule has 0 aliphatic heterocycles. The lowest BCUT2D eigenvalue weighted by Crippen LogP contribution is -2.12. The lowest BCUT2D eigenvalue weighted by atomic mass is 10.5. The first-order chi connectivity index (χ1) is 11.8. The summed E-state index contributed by atoms with van der Waals surface area (Å²) in [6.45, 7) is 3.01. The molecule has 13 heteroatoms. The molecular formula is C11H16N12O. The van der Waals surface area contributed by atoms with Crippen molar-refractivity contribution in [3.63, 3.8) is 0 Å². The summed E-state index contributed by atoms with van der Waals surface area (Å²) in [6.07, 6.45) is 3.73. The molecule has 0 spiro atoms. The molecule has 0 saturated heterocycles. The van der Waals surface area contributed by atoms with Crippen molar-refractivity contribution < 1.29 is 5.11 Å². The molecule has 0 amide bonds. The molecule has 0 aromatic carbocycles. The van der Waals surface area contributed by atoms with E-state index in [0.717, 1.165) is 13.0 Å². The van der Waals surface area contributed by atoms with Gasteiger partial charge in [0, 0.05) is 6.54 Å². The standard InChI is InChI=1S/C11H16N12O/c1-2-3-22-10(12-6-14-22)16-8-18-20-9(21-19-8)17-11-13-7-15-23(11)4-5-24/h6-7,24H,2-5H2,1H3,(H,12,14,16,18,19)(H,13,15,17,20,21). The number of hydrogen-bond donors (Lipinski definition) is 3. The largest absolute Gasteiger partial charge is 0.394 e. The molecule has 0 atom stereocenters. The summed E-state index contributed by atoms with van der Waals surface area (Å²) in [7, 11) is 0. The van der Waals surface area contributed by atoms with Gasteiger partial charge in [0.05, 0.1) is 13.2 Å². The molecule has 3 rings (SSSR count). The topological polar surface area (TPSA) is 157 Å². The maximum atomic E-state index is 8.95. The fourth-order valence-electron chi connectivity index (χ4n) is 1.89. The molecule has 0 radical (unpaired) electrons. The SMILES string of the molecule is CCCn1ncnc1Nc1nnc(Nc2ncnn2CCO)nn1. The number of aliphatic hydroxyl groups excluding tert-OH is 1. The van der Waals surface area contributed by atoms with E-state index < -0.39 is 0 Å². The second-order valence-electron chi connectivity index (χ2n) is 4.63. The van der Waals surface area contributed by atoms with Crippen LogP contribution in [0.1, 0.15) is 13.3 Å². The van der Waals surface area contributed by atoms with Gasteiger partial charge in [-0.15, -0.1) is 20.4 Å². The van der Waals surface area contributed by atoms with Gasteiger partial charge in [-0.2, -0.15) is 20.2 Å².